The van der Waals surface area contributed by atoms with E-state index >= 15 is 0 Å². The fourth-order valence-corrected chi connectivity index (χ4v) is 3.34. The highest BCUT2D eigenvalue weighted by Gasteiger charge is 2.31. The lowest BCUT2D eigenvalue weighted by atomic mass is 10.0. The Morgan fingerprint density at radius 2 is 1.67 bits per heavy atom. The number of hydrogen-bond donors (Lipinski definition) is 2. The summed E-state index contributed by atoms with van der Waals surface area (Å²) >= 11 is 6.03. The van der Waals surface area contributed by atoms with Crippen LogP contribution in [0.1, 0.15) is 25.0 Å². The number of carbonyl (C=O) groups excluding carboxylic acids is 1. The first-order valence-electron chi connectivity index (χ1n) is 10.3. The van der Waals surface area contributed by atoms with Crippen LogP contribution in [0, 0.1) is 5.92 Å². The minimum absolute atomic E-state index is 0.108. The molecular formula is C25H24ClF3N2O2. The third kappa shape index (κ3) is 6.89. The van der Waals surface area contributed by atoms with Gasteiger partial charge < -0.3 is 15.4 Å². The third-order valence-electron chi connectivity index (χ3n) is 4.93. The summed E-state index contributed by atoms with van der Waals surface area (Å²) in [5.74, 6) is 0.169. The number of benzene rings is 3. The molecule has 8 heteroatoms. The number of ether oxygens (including phenoxy) is 1. The molecule has 2 N–H and O–H groups in total. The minimum Gasteiger partial charge on any atom is -0.489 e. The van der Waals surface area contributed by atoms with E-state index in [9.17, 15) is 18.0 Å². The first kappa shape index (κ1) is 24.5. The van der Waals surface area contributed by atoms with Gasteiger partial charge >= 0.3 is 6.18 Å². The second-order valence-electron chi connectivity index (χ2n) is 7.85. The van der Waals surface area contributed by atoms with Crippen LogP contribution in [0.2, 0.25) is 5.02 Å². The molecule has 0 bridgehead atoms. The van der Waals surface area contributed by atoms with Gasteiger partial charge in [-0.25, -0.2) is 0 Å². The Kier molecular flexibility index (Phi) is 7.87. The molecule has 3 rings (SSSR count). The number of carbonyl (C=O) groups is 1. The average molecular weight is 477 g/mol. The highest BCUT2D eigenvalue weighted by molar-refractivity contribution is 6.33. The van der Waals surface area contributed by atoms with Gasteiger partial charge in [-0.05, 0) is 53.9 Å². The van der Waals surface area contributed by atoms with Crippen molar-refractivity contribution in [2.75, 3.05) is 10.6 Å². The second kappa shape index (κ2) is 10.6. The van der Waals surface area contributed by atoms with Gasteiger partial charge in [0, 0.05) is 5.69 Å². The monoisotopic (exact) mass is 476 g/mol. The van der Waals surface area contributed by atoms with Gasteiger partial charge in [-0.15, -0.1) is 0 Å². The van der Waals surface area contributed by atoms with Crippen LogP contribution in [0.5, 0.6) is 5.75 Å². The van der Waals surface area contributed by atoms with E-state index in [1.807, 2.05) is 44.2 Å². The van der Waals surface area contributed by atoms with Crippen LogP contribution in [0.3, 0.4) is 0 Å². The summed E-state index contributed by atoms with van der Waals surface area (Å²) < 4.78 is 44.4. The van der Waals surface area contributed by atoms with Crippen LogP contribution < -0.4 is 15.4 Å². The van der Waals surface area contributed by atoms with Crippen molar-refractivity contribution < 1.29 is 22.7 Å². The molecule has 3 aromatic rings. The molecule has 33 heavy (non-hydrogen) atoms. The topological polar surface area (TPSA) is 50.4 Å². The van der Waals surface area contributed by atoms with Crippen LogP contribution >= 0.6 is 11.6 Å². The minimum atomic E-state index is -4.49. The predicted octanol–water partition coefficient (Wildman–Crippen LogP) is 7.01. The van der Waals surface area contributed by atoms with E-state index in [2.05, 4.69) is 10.6 Å². The lowest BCUT2D eigenvalue weighted by Crippen LogP contribution is -2.39. The Morgan fingerprint density at radius 1 is 1.00 bits per heavy atom. The van der Waals surface area contributed by atoms with Gasteiger partial charge in [0.25, 0.3) is 0 Å². The molecule has 0 aliphatic heterocycles. The van der Waals surface area contributed by atoms with Gasteiger partial charge in [-0.3, -0.25) is 4.79 Å². The molecule has 0 aromatic heterocycles. The number of hydrogen-bond acceptors (Lipinski definition) is 3. The normalized spacial score (nSPS) is 12.3. The van der Waals surface area contributed by atoms with E-state index in [0.717, 1.165) is 17.7 Å². The zero-order valence-electron chi connectivity index (χ0n) is 18.1. The Morgan fingerprint density at radius 3 is 2.24 bits per heavy atom. The molecule has 1 amide bonds. The van der Waals surface area contributed by atoms with Crippen molar-refractivity contribution in [3.05, 3.63) is 88.9 Å². The van der Waals surface area contributed by atoms with Crippen molar-refractivity contribution in [2.24, 2.45) is 5.92 Å². The van der Waals surface area contributed by atoms with Gasteiger partial charge in [0.05, 0.1) is 16.3 Å². The molecular weight excluding hydrogens is 453 g/mol. The molecule has 0 fully saturated rings. The lowest BCUT2D eigenvalue weighted by molar-refractivity contribution is -0.137. The number of halogens is 4. The van der Waals surface area contributed by atoms with Crippen molar-refractivity contribution in [2.45, 2.75) is 32.7 Å². The van der Waals surface area contributed by atoms with E-state index in [1.54, 1.807) is 24.3 Å². The van der Waals surface area contributed by atoms with E-state index < -0.39 is 17.8 Å². The summed E-state index contributed by atoms with van der Waals surface area (Å²) in [6.07, 6.45) is -4.49. The fraction of sp³-hybridized carbons (Fsp3) is 0.240. The van der Waals surface area contributed by atoms with E-state index in [0.29, 0.717) is 18.0 Å². The van der Waals surface area contributed by atoms with Crippen LogP contribution in [0.4, 0.5) is 24.5 Å². The molecule has 3 aromatic carbocycles. The molecule has 0 unspecified atom stereocenters. The van der Waals surface area contributed by atoms with Gasteiger partial charge in [-0.2, -0.15) is 13.2 Å². The molecule has 0 aliphatic carbocycles. The summed E-state index contributed by atoms with van der Waals surface area (Å²) in [6.45, 7) is 4.09. The zero-order chi connectivity index (χ0) is 24.0. The van der Waals surface area contributed by atoms with E-state index in [-0.39, 0.29) is 22.5 Å². The second-order valence-corrected chi connectivity index (χ2v) is 8.25. The van der Waals surface area contributed by atoms with E-state index in [4.69, 9.17) is 16.3 Å². The Hall–Kier alpha value is -3.19. The van der Waals surface area contributed by atoms with Crippen molar-refractivity contribution in [3.63, 3.8) is 0 Å². The Bertz CT molecular complexity index is 1070. The van der Waals surface area contributed by atoms with Crippen molar-refractivity contribution in [1.82, 2.24) is 0 Å². The van der Waals surface area contributed by atoms with Gasteiger partial charge in [-0.1, -0.05) is 55.8 Å². The number of rotatable bonds is 8. The summed E-state index contributed by atoms with van der Waals surface area (Å²) in [5.41, 5.74) is 1.02. The highest BCUT2D eigenvalue weighted by Crippen LogP contribution is 2.34. The number of alkyl halides is 3. The summed E-state index contributed by atoms with van der Waals surface area (Å²) in [7, 11) is 0. The standard InChI is InChI=1S/C25H24ClF3N2O2/c1-16(2)23(31-22-13-8-18(14-21(22)26)25(27,28)29)24(32)30-19-9-11-20(12-10-19)33-15-17-6-4-3-5-7-17/h3-14,16,23,31H,15H2,1-2H3,(H,30,32)/t23-/m0/s1. The third-order valence-corrected chi connectivity index (χ3v) is 5.24. The van der Waals surface area contributed by atoms with E-state index in [1.165, 1.54) is 6.07 Å². The molecule has 0 aliphatic rings. The van der Waals surface area contributed by atoms with Gasteiger partial charge in [0.15, 0.2) is 0 Å². The molecule has 4 nitrogen and oxygen atoms in total. The fourth-order valence-electron chi connectivity index (χ4n) is 3.11. The van der Waals surface area contributed by atoms with Crippen LogP contribution in [-0.4, -0.2) is 11.9 Å². The summed E-state index contributed by atoms with van der Waals surface area (Å²) in [5, 5.41) is 5.67. The average Bonchev–Trinajstić information content (AvgIpc) is 2.77. The van der Waals surface area contributed by atoms with Crippen LogP contribution in [-0.2, 0) is 17.6 Å². The number of anilines is 2. The highest BCUT2D eigenvalue weighted by atomic mass is 35.5. The summed E-state index contributed by atoms with van der Waals surface area (Å²) in [4.78, 5) is 12.9. The molecule has 0 saturated carbocycles. The first-order valence-corrected chi connectivity index (χ1v) is 10.7. The van der Waals surface area contributed by atoms with Crippen molar-refractivity contribution >= 4 is 28.9 Å². The number of amides is 1. The maximum absolute atomic E-state index is 12.9. The SMILES string of the molecule is CC(C)[C@H](Nc1ccc(C(F)(F)F)cc1Cl)C(=O)Nc1ccc(OCc2ccccc2)cc1. The quantitative estimate of drug-likeness (QED) is 0.367. The van der Waals surface area contributed by atoms with Crippen LogP contribution in [0.15, 0.2) is 72.8 Å². The molecule has 174 valence electrons. The van der Waals surface area contributed by atoms with Crippen molar-refractivity contribution in [1.29, 1.82) is 0 Å². The molecule has 1 atom stereocenters. The lowest BCUT2D eigenvalue weighted by Gasteiger charge is -2.24. The largest absolute Gasteiger partial charge is 0.489 e. The zero-order valence-corrected chi connectivity index (χ0v) is 18.9. The predicted molar refractivity (Wildman–Crippen MR) is 125 cm³/mol. The van der Waals surface area contributed by atoms with Crippen LogP contribution in [0.25, 0.3) is 0 Å². The first-order chi connectivity index (χ1) is 15.6. The maximum Gasteiger partial charge on any atom is 0.416 e. The molecule has 0 spiro atoms. The Labute approximate surface area is 195 Å². The Balaban J connectivity index is 1.63. The maximum atomic E-state index is 12.9. The molecule has 0 saturated heterocycles. The molecule has 0 radical (unpaired) electrons. The number of nitrogens with one attached hydrogen (secondary N) is 2. The van der Waals surface area contributed by atoms with Crippen molar-refractivity contribution in [3.8, 4) is 5.75 Å². The summed E-state index contributed by atoms with van der Waals surface area (Å²) in [6, 6.07) is 19.0. The molecule has 0 heterocycles. The van der Waals surface area contributed by atoms with Gasteiger partial charge in [0.1, 0.15) is 18.4 Å². The smallest absolute Gasteiger partial charge is 0.416 e. The van der Waals surface area contributed by atoms with Gasteiger partial charge in [0.2, 0.25) is 5.91 Å².